The number of aromatic hydroxyl groups is 1. The van der Waals surface area contributed by atoms with Gasteiger partial charge in [-0.2, -0.15) is 0 Å². The van der Waals surface area contributed by atoms with Crippen LogP contribution in [-0.2, 0) is 16.0 Å². The average molecular weight is 358 g/mol. The minimum atomic E-state index is -1.83. The van der Waals surface area contributed by atoms with Crippen LogP contribution in [0, 0.1) is 0 Å². The minimum Gasteiger partial charge on any atom is -0.508 e. The summed E-state index contributed by atoms with van der Waals surface area (Å²) in [4.78, 5) is 31.2. The van der Waals surface area contributed by atoms with Crippen molar-refractivity contribution in [1.29, 1.82) is 0 Å². The smallest absolute Gasteiger partial charge is 0.503 e. The Morgan fingerprint density at radius 2 is 1.56 bits per heavy atom. The number of benzene rings is 1. The lowest BCUT2D eigenvalue weighted by Crippen LogP contribution is -2.50. The molecule has 1 atom stereocenters. The van der Waals surface area contributed by atoms with Crippen LogP contribution in [0.5, 0.6) is 5.75 Å². The first-order valence-electron chi connectivity index (χ1n) is 7.08. The second-order valence-electron chi connectivity index (χ2n) is 5.82. The van der Waals surface area contributed by atoms with Gasteiger partial charge < -0.3 is 25.2 Å². The zero-order valence-corrected chi connectivity index (χ0v) is 14.0. The van der Waals surface area contributed by atoms with Crippen molar-refractivity contribution in [3.8, 4) is 5.75 Å². The number of hydrazine groups is 1. The Labute approximate surface area is 144 Å². The van der Waals surface area contributed by atoms with Crippen molar-refractivity contribution < 1.29 is 39.5 Å². The molecule has 0 radical (unpaired) electrons. The maximum absolute atomic E-state index is 11.5. The molecule has 0 saturated carbocycles. The molecule has 140 valence electrons. The van der Waals surface area contributed by atoms with Gasteiger partial charge in [-0.3, -0.25) is 10.2 Å². The van der Waals surface area contributed by atoms with Gasteiger partial charge in [0.1, 0.15) is 17.4 Å². The SMILES string of the molecule is CC(C)(C)OC(=O)NN[C@@H](Cc1ccc(O)cc1)C(=O)O.O=C(O)O. The number of ether oxygens (including phenoxy) is 1. The van der Waals surface area contributed by atoms with Crippen molar-refractivity contribution in [2.75, 3.05) is 0 Å². The third-order valence-electron chi connectivity index (χ3n) is 2.42. The fourth-order valence-electron chi connectivity index (χ4n) is 1.52. The number of amides is 1. The summed E-state index contributed by atoms with van der Waals surface area (Å²) in [7, 11) is 0. The molecule has 0 spiro atoms. The Morgan fingerprint density at radius 1 is 1.08 bits per heavy atom. The number of carboxylic acids is 1. The van der Waals surface area contributed by atoms with Crippen molar-refractivity contribution in [3.05, 3.63) is 29.8 Å². The van der Waals surface area contributed by atoms with E-state index in [0.29, 0.717) is 5.56 Å². The summed E-state index contributed by atoms with van der Waals surface area (Å²) >= 11 is 0. The van der Waals surface area contributed by atoms with Crippen LogP contribution in [0.1, 0.15) is 26.3 Å². The molecule has 25 heavy (non-hydrogen) atoms. The molecule has 6 N–H and O–H groups in total. The van der Waals surface area contributed by atoms with Crippen molar-refractivity contribution >= 4 is 18.2 Å². The van der Waals surface area contributed by atoms with Gasteiger partial charge in [-0.15, -0.1) is 0 Å². The molecule has 0 saturated heterocycles. The van der Waals surface area contributed by atoms with Crippen LogP contribution in [0.4, 0.5) is 9.59 Å². The number of carbonyl (C=O) groups is 3. The van der Waals surface area contributed by atoms with Crippen LogP contribution < -0.4 is 10.9 Å². The zero-order chi connectivity index (χ0) is 19.6. The molecule has 1 aromatic carbocycles. The zero-order valence-electron chi connectivity index (χ0n) is 14.0. The van der Waals surface area contributed by atoms with Crippen LogP contribution in [0.25, 0.3) is 0 Å². The van der Waals surface area contributed by atoms with Gasteiger partial charge in [0, 0.05) is 6.42 Å². The number of nitrogens with one attached hydrogen (secondary N) is 2. The van der Waals surface area contributed by atoms with Gasteiger partial charge in [0.05, 0.1) is 0 Å². The Hall–Kier alpha value is -3.01. The first-order valence-corrected chi connectivity index (χ1v) is 7.08. The van der Waals surface area contributed by atoms with Crippen LogP contribution in [0.2, 0.25) is 0 Å². The molecule has 1 rings (SSSR count). The van der Waals surface area contributed by atoms with Crippen molar-refractivity contribution in [2.24, 2.45) is 0 Å². The standard InChI is InChI=1S/C14H20N2O5.CH2O3/c1-14(2,3)21-13(20)16-15-11(12(18)19)8-9-4-6-10(17)7-5-9;2-1(3)4/h4-7,11,15,17H,8H2,1-3H3,(H,16,20)(H,18,19);(H2,2,3,4)/t11-;/m0./s1. The van der Waals surface area contributed by atoms with E-state index in [9.17, 15) is 14.7 Å². The quantitative estimate of drug-likeness (QED) is 0.429. The summed E-state index contributed by atoms with van der Waals surface area (Å²) in [6.07, 6.45) is -2.44. The Bertz CT molecular complexity index is 576. The van der Waals surface area contributed by atoms with E-state index >= 15 is 0 Å². The second-order valence-corrected chi connectivity index (χ2v) is 5.82. The molecule has 1 amide bonds. The number of phenolic OH excluding ortho intramolecular Hbond substituents is 1. The van der Waals surface area contributed by atoms with E-state index in [1.54, 1.807) is 32.9 Å². The van der Waals surface area contributed by atoms with E-state index in [-0.39, 0.29) is 12.2 Å². The number of hydrogen-bond acceptors (Lipinski definition) is 6. The maximum Gasteiger partial charge on any atom is 0.503 e. The van der Waals surface area contributed by atoms with E-state index in [1.165, 1.54) is 12.1 Å². The number of phenols is 1. The molecule has 0 aliphatic heterocycles. The monoisotopic (exact) mass is 358 g/mol. The Morgan fingerprint density at radius 3 is 1.96 bits per heavy atom. The van der Waals surface area contributed by atoms with Crippen LogP contribution in [-0.4, -0.2) is 50.3 Å². The lowest BCUT2D eigenvalue weighted by Gasteiger charge is -2.21. The van der Waals surface area contributed by atoms with Crippen molar-refractivity contribution in [2.45, 2.75) is 38.8 Å². The highest BCUT2D eigenvalue weighted by Crippen LogP contribution is 2.11. The molecule has 0 aliphatic rings. The van der Waals surface area contributed by atoms with Crippen molar-refractivity contribution in [1.82, 2.24) is 10.9 Å². The third kappa shape index (κ3) is 12.1. The van der Waals surface area contributed by atoms with Gasteiger partial charge in [0.15, 0.2) is 0 Å². The van der Waals surface area contributed by atoms with E-state index in [1.807, 2.05) is 0 Å². The highest BCUT2D eigenvalue weighted by molar-refractivity contribution is 5.75. The first-order chi connectivity index (χ1) is 11.4. The van der Waals surface area contributed by atoms with Gasteiger partial charge >= 0.3 is 18.2 Å². The lowest BCUT2D eigenvalue weighted by atomic mass is 10.1. The molecule has 0 aromatic heterocycles. The van der Waals surface area contributed by atoms with Gasteiger partial charge in [0.25, 0.3) is 0 Å². The van der Waals surface area contributed by atoms with Crippen molar-refractivity contribution in [3.63, 3.8) is 0 Å². The molecular weight excluding hydrogens is 336 g/mol. The van der Waals surface area contributed by atoms with Crippen LogP contribution in [0.3, 0.4) is 0 Å². The van der Waals surface area contributed by atoms with Crippen LogP contribution in [0.15, 0.2) is 24.3 Å². The summed E-state index contributed by atoms with van der Waals surface area (Å²) in [5.41, 5.74) is 4.67. The van der Waals surface area contributed by atoms with Crippen LogP contribution >= 0.6 is 0 Å². The first kappa shape index (κ1) is 22.0. The largest absolute Gasteiger partial charge is 0.508 e. The summed E-state index contributed by atoms with van der Waals surface area (Å²) in [5, 5.41) is 32.3. The lowest BCUT2D eigenvalue weighted by molar-refractivity contribution is -0.139. The number of carbonyl (C=O) groups excluding carboxylic acids is 1. The molecule has 0 heterocycles. The molecule has 10 nitrogen and oxygen atoms in total. The molecule has 10 heteroatoms. The average Bonchev–Trinajstić information content (AvgIpc) is 2.42. The number of carboxylic acid groups (broad SMARTS) is 3. The summed E-state index contributed by atoms with van der Waals surface area (Å²) in [6, 6.07) is 5.15. The number of aliphatic carboxylic acids is 1. The summed E-state index contributed by atoms with van der Waals surface area (Å²) < 4.78 is 5.00. The van der Waals surface area contributed by atoms with E-state index in [0.717, 1.165) is 0 Å². The molecule has 0 aliphatic carbocycles. The van der Waals surface area contributed by atoms with Gasteiger partial charge in [0.2, 0.25) is 0 Å². The molecule has 0 unspecified atom stereocenters. The molecule has 1 aromatic rings. The minimum absolute atomic E-state index is 0.102. The van der Waals surface area contributed by atoms with E-state index in [4.69, 9.17) is 24.9 Å². The fraction of sp³-hybridized carbons (Fsp3) is 0.400. The molecule has 0 fully saturated rings. The summed E-state index contributed by atoms with van der Waals surface area (Å²) in [6.45, 7) is 5.12. The molecular formula is C15H22N2O8. The molecule has 0 bridgehead atoms. The van der Waals surface area contributed by atoms with E-state index in [2.05, 4.69) is 10.9 Å². The number of rotatable bonds is 5. The van der Waals surface area contributed by atoms with Gasteiger partial charge in [-0.1, -0.05) is 12.1 Å². The predicted octanol–water partition coefficient (Wildman–Crippen LogP) is 1.64. The maximum atomic E-state index is 11.5. The second kappa shape index (κ2) is 9.98. The fourth-order valence-corrected chi connectivity index (χ4v) is 1.52. The Kier molecular flexibility index (Phi) is 8.78. The van der Waals surface area contributed by atoms with Gasteiger partial charge in [-0.05, 0) is 38.5 Å². The predicted molar refractivity (Wildman–Crippen MR) is 86.4 cm³/mol. The normalized spacial score (nSPS) is 11.5. The Balaban J connectivity index is 0.00000129. The summed E-state index contributed by atoms with van der Waals surface area (Å²) in [5.74, 6) is -1.01. The van der Waals surface area contributed by atoms with Gasteiger partial charge in [-0.25, -0.2) is 15.0 Å². The topological polar surface area (TPSA) is 165 Å². The number of hydrogen-bond donors (Lipinski definition) is 6. The highest BCUT2D eigenvalue weighted by Gasteiger charge is 2.21. The third-order valence-corrected chi connectivity index (χ3v) is 2.42. The van der Waals surface area contributed by atoms with E-state index < -0.39 is 29.9 Å². The highest BCUT2D eigenvalue weighted by atomic mass is 16.6.